The molecule has 0 amide bonds. The Balaban J connectivity index is 1.98. The Morgan fingerprint density at radius 3 is 2.38 bits per heavy atom. The van der Waals surface area contributed by atoms with Gasteiger partial charge in [0.2, 0.25) is 5.78 Å². The van der Waals surface area contributed by atoms with E-state index in [-0.39, 0.29) is 30.9 Å². The first kappa shape index (κ1) is 22.5. The minimum absolute atomic E-state index is 0.0212. The topological polar surface area (TPSA) is 103 Å². The summed E-state index contributed by atoms with van der Waals surface area (Å²) in [5, 5.41) is 0. The van der Waals surface area contributed by atoms with Crippen LogP contribution in [-0.4, -0.2) is 41.2 Å². The Morgan fingerprint density at radius 1 is 1.10 bits per heavy atom. The fraction of sp³-hybridized carbons (Fsp3) is 0.429. The molecule has 0 fully saturated rings. The van der Waals surface area contributed by atoms with Gasteiger partial charge in [-0.15, -0.1) is 11.3 Å². The van der Waals surface area contributed by atoms with Crippen molar-refractivity contribution in [1.82, 2.24) is 4.98 Å². The number of aromatic amines is 1. The minimum Gasteiger partial charge on any atom is -0.462 e. The lowest BCUT2D eigenvalue weighted by Gasteiger charge is -2.12. The molecule has 0 aliphatic carbocycles. The lowest BCUT2D eigenvalue weighted by Crippen LogP contribution is -2.25. The van der Waals surface area contributed by atoms with Crippen LogP contribution in [0.4, 0.5) is 0 Å². The second-order valence-corrected chi connectivity index (χ2v) is 7.96. The number of carbonyl (C=O) groups excluding carboxylic acids is 4. The number of carbonyl (C=O) groups is 4. The normalized spacial score (nSPS) is 11.8. The summed E-state index contributed by atoms with van der Waals surface area (Å²) in [6.45, 7) is 8.60. The fourth-order valence-corrected chi connectivity index (χ4v) is 3.78. The molecular formula is C21H25NO6S. The highest BCUT2D eigenvalue weighted by Gasteiger charge is 2.27. The first-order valence-electron chi connectivity index (χ1n) is 9.35. The molecular weight excluding hydrogens is 394 g/mol. The zero-order valence-electron chi connectivity index (χ0n) is 17.2. The van der Waals surface area contributed by atoms with E-state index in [1.165, 1.54) is 18.3 Å². The van der Waals surface area contributed by atoms with Crippen LogP contribution in [0, 0.1) is 20.8 Å². The third-order valence-corrected chi connectivity index (χ3v) is 5.45. The molecule has 7 nitrogen and oxygen atoms in total. The van der Waals surface area contributed by atoms with Crippen molar-refractivity contribution >= 4 is 34.8 Å². The molecule has 2 aromatic heterocycles. The fourth-order valence-electron chi connectivity index (χ4n) is 2.94. The van der Waals surface area contributed by atoms with Crippen molar-refractivity contribution in [2.45, 2.75) is 53.6 Å². The third kappa shape index (κ3) is 5.41. The minimum atomic E-state index is -1.05. The molecule has 29 heavy (non-hydrogen) atoms. The summed E-state index contributed by atoms with van der Waals surface area (Å²) >= 11 is 1.38. The maximum Gasteiger partial charge on any atom is 0.340 e. The van der Waals surface area contributed by atoms with Crippen LogP contribution in [0.5, 0.6) is 0 Å². The summed E-state index contributed by atoms with van der Waals surface area (Å²) < 4.78 is 10.2. The van der Waals surface area contributed by atoms with Gasteiger partial charge >= 0.3 is 11.9 Å². The van der Waals surface area contributed by atoms with E-state index < -0.39 is 23.8 Å². The van der Waals surface area contributed by atoms with Gasteiger partial charge in [0.25, 0.3) is 0 Å². The van der Waals surface area contributed by atoms with Gasteiger partial charge in [0.1, 0.15) is 0 Å². The number of ether oxygens (including phenoxy) is 2. The van der Waals surface area contributed by atoms with Gasteiger partial charge in [-0.3, -0.25) is 14.4 Å². The molecule has 0 unspecified atom stereocenters. The van der Waals surface area contributed by atoms with Crippen LogP contribution in [0.3, 0.4) is 0 Å². The molecule has 1 atom stereocenters. The number of nitrogens with one attached hydrogen (secondary N) is 1. The van der Waals surface area contributed by atoms with Crippen LogP contribution in [-0.2, 0) is 14.3 Å². The number of Topliss-reactive ketones (excluding diaryl/α,β-unsaturated/α-hetero) is 2. The molecule has 2 rings (SSSR count). The van der Waals surface area contributed by atoms with Crippen molar-refractivity contribution in [3.8, 4) is 0 Å². The molecule has 0 aromatic carbocycles. The number of esters is 2. The van der Waals surface area contributed by atoms with E-state index in [1.807, 2.05) is 13.0 Å². The van der Waals surface area contributed by atoms with Crippen molar-refractivity contribution < 1.29 is 28.7 Å². The van der Waals surface area contributed by atoms with Crippen LogP contribution in [0.2, 0.25) is 0 Å². The summed E-state index contributed by atoms with van der Waals surface area (Å²) in [6.07, 6.45) is -1.13. The van der Waals surface area contributed by atoms with E-state index >= 15 is 0 Å². The summed E-state index contributed by atoms with van der Waals surface area (Å²) in [6, 6.07) is 3.58. The first-order chi connectivity index (χ1) is 13.6. The van der Waals surface area contributed by atoms with E-state index in [0.29, 0.717) is 21.7 Å². The Hall–Kier alpha value is -2.74. The number of hydrogen-bond acceptors (Lipinski definition) is 7. The Morgan fingerprint density at radius 2 is 1.79 bits per heavy atom. The van der Waals surface area contributed by atoms with Crippen LogP contribution in [0.15, 0.2) is 12.1 Å². The SMILES string of the molecule is CCOC(=O)c1c(C)[nH]c(C(=O)[C@H](C)OC(=O)CCC(=O)c2ccc(C)s2)c1C. The Bertz CT molecular complexity index is 939. The molecule has 0 radical (unpaired) electrons. The molecule has 0 aliphatic rings. The smallest absolute Gasteiger partial charge is 0.340 e. The zero-order chi connectivity index (χ0) is 21.7. The third-order valence-electron chi connectivity index (χ3n) is 4.41. The number of thiophene rings is 1. The van der Waals surface area contributed by atoms with Crippen molar-refractivity contribution in [2.24, 2.45) is 0 Å². The van der Waals surface area contributed by atoms with Gasteiger partial charge in [-0.05, 0) is 52.3 Å². The molecule has 8 heteroatoms. The number of aryl methyl sites for hydroxylation is 2. The van der Waals surface area contributed by atoms with Crippen LogP contribution in [0.25, 0.3) is 0 Å². The average molecular weight is 419 g/mol. The van der Waals surface area contributed by atoms with Gasteiger partial charge in [-0.25, -0.2) is 4.79 Å². The van der Waals surface area contributed by atoms with Crippen molar-refractivity contribution in [1.29, 1.82) is 0 Å². The predicted molar refractivity (Wildman–Crippen MR) is 109 cm³/mol. The maximum atomic E-state index is 12.7. The highest BCUT2D eigenvalue weighted by Crippen LogP contribution is 2.21. The number of ketones is 2. The monoisotopic (exact) mass is 419 g/mol. The highest BCUT2D eigenvalue weighted by atomic mass is 32.1. The molecule has 2 heterocycles. The molecule has 0 bridgehead atoms. The summed E-state index contributed by atoms with van der Waals surface area (Å²) in [5.41, 5.74) is 1.48. The maximum absolute atomic E-state index is 12.7. The largest absolute Gasteiger partial charge is 0.462 e. The van der Waals surface area contributed by atoms with Gasteiger partial charge in [-0.2, -0.15) is 0 Å². The summed E-state index contributed by atoms with van der Waals surface area (Å²) in [5.74, 6) is -1.72. The van der Waals surface area contributed by atoms with Gasteiger partial charge in [0.15, 0.2) is 11.9 Å². The predicted octanol–water partition coefficient (Wildman–Crippen LogP) is 3.96. The van der Waals surface area contributed by atoms with Crippen molar-refractivity contribution in [3.05, 3.63) is 44.4 Å². The number of aromatic nitrogens is 1. The van der Waals surface area contributed by atoms with Crippen molar-refractivity contribution in [2.75, 3.05) is 6.61 Å². The van der Waals surface area contributed by atoms with Gasteiger partial charge < -0.3 is 14.5 Å². The van der Waals surface area contributed by atoms with Crippen LogP contribution >= 0.6 is 11.3 Å². The van der Waals surface area contributed by atoms with Gasteiger partial charge in [0, 0.05) is 17.0 Å². The van der Waals surface area contributed by atoms with Crippen molar-refractivity contribution in [3.63, 3.8) is 0 Å². The average Bonchev–Trinajstić information content (AvgIpc) is 3.22. The quantitative estimate of drug-likeness (QED) is 0.488. The molecule has 156 valence electrons. The molecule has 1 N–H and O–H groups in total. The number of hydrogen-bond donors (Lipinski definition) is 1. The zero-order valence-corrected chi connectivity index (χ0v) is 18.0. The van der Waals surface area contributed by atoms with Gasteiger partial charge in [-0.1, -0.05) is 0 Å². The second-order valence-electron chi connectivity index (χ2n) is 6.68. The number of rotatable bonds is 9. The van der Waals surface area contributed by atoms with Gasteiger partial charge in [0.05, 0.1) is 29.2 Å². The number of H-pyrrole nitrogens is 1. The molecule has 0 saturated heterocycles. The van der Waals surface area contributed by atoms with E-state index in [2.05, 4.69) is 4.98 Å². The van der Waals surface area contributed by atoms with E-state index in [4.69, 9.17) is 9.47 Å². The van der Waals surface area contributed by atoms with Crippen LogP contribution in [0.1, 0.15) is 73.3 Å². The lowest BCUT2D eigenvalue weighted by atomic mass is 10.1. The summed E-state index contributed by atoms with van der Waals surface area (Å²) in [4.78, 5) is 53.4. The molecule has 0 saturated carbocycles. The Labute approximate surface area is 173 Å². The molecule has 2 aromatic rings. The summed E-state index contributed by atoms with van der Waals surface area (Å²) in [7, 11) is 0. The first-order valence-corrected chi connectivity index (χ1v) is 10.2. The molecule has 0 aliphatic heterocycles. The Kier molecular flexibility index (Phi) is 7.50. The van der Waals surface area contributed by atoms with E-state index in [1.54, 1.807) is 26.8 Å². The lowest BCUT2D eigenvalue weighted by molar-refractivity contribution is -0.146. The van der Waals surface area contributed by atoms with E-state index in [9.17, 15) is 19.2 Å². The van der Waals surface area contributed by atoms with E-state index in [0.717, 1.165) is 4.88 Å². The molecule has 0 spiro atoms. The second kappa shape index (κ2) is 9.65. The highest BCUT2D eigenvalue weighted by molar-refractivity contribution is 7.14. The standard InChI is InChI=1S/C21H25NO6S/c1-6-27-21(26)18-12(3)19(22-13(18)4)20(25)14(5)28-17(24)10-8-15(23)16-9-7-11(2)29-16/h7,9,14,22H,6,8,10H2,1-5H3/t14-/m0/s1. The van der Waals surface area contributed by atoms with Crippen LogP contribution < -0.4 is 0 Å².